The summed E-state index contributed by atoms with van der Waals surface area (Å²) in [5, 5.41) is 3.34. The quantitative estimate of drug-likeness (QED) is 0.826. The van der Waals surface area contributed by atoms with E-state index in [1.54, 1.807) is 6.07 Å². The SMILES string of the molecule is CNC1CCC(c2c(C)cc(C)cc2F)C1C. The molecule has 0 saturated heterocycles. The van der Waals surface area contributed by atoms with E-state index in [2.05, 4.69) is 18.3 Å². The van der Waals surface area contributed by atoms with Crippen molar-refractivity contribution in [1.82, 2.24) is 5.32 Å². The van der Waals surface area contributed by atoms with E-state index in [4.69, 9.17) is 0 Å². The summed E-state index contributed by atoms with van der Waals surface area (Å²) in [5.41, 5.74) is 3.07. The third kappa shape index (κ3) is 2.23. The second-order valence-electron chi connectivity index (χ2n) is 5.42. The van der Waals surface area contributed by atoms with Crippen LogP contribution in [0.15, 0.2) is 12.1 Å². The molecule has 17 heavy (non-hydrogen) atoms. The first-order chi connectivity index (χ1) is 8.04. The van der Waals surface area contributed by atoms with Crippen molar-refractivity contribution < 1.29 is 4.39 Å². The Morgan fingerprint density at radius 1 is 1.24 bits per heavy atom. The normalized spacial score (nSPS) is 28.6. The van der Waals surface area contributed by atoms with Gasteiger partial charge in [-0.2, -0.15) is 0 Å². The van der Waals surface area contributed by atoms with Crippen LogP contribution >= 0.6 is 0 Å². The number of hydrogen-bond donors (Lipinski definition) is 1. The Balaban J connectivity index is 2.35. The van der Waals surface area contributed by atoms with Gasteiger partial charge < -0.3 is 5.32 Å². The number of rotatable bonds is 2. The van der Waals surface area contributed by atoms with Crippen molar-refractivity contribution in [3.63, 3.8) is 0 Å². The smallest absolute Gasteiger partial charge is 0.127 e. The average molecular weight is 235 g/mol. The van der Waals surface area contributed by atoms with E-state index in [9.17, 15) is 4.39 Å². The van der Waals surface area contributed by atoms with Gasteiger partial charge in [0.25, 0.3) is 0 Å². The Kier molecular flexibility index (Phi) is 3.53. The van der Waals surface area contributed by atoms with Gasteiger partial charge in [0.05, 0.1) is 0 Å². The second-order valence-corrected chi connectivity index (χ2v) is 5.42. The van der Waals surface area contributed by atoms with E-state index in [-0.39, 0.29) is 5.82 Å². The maximum Gasteiger partial charge on any atom is 0.127 e. The van der Waals surface area contributed by atoms with Crippen molar-refractivity contribution >= 4 is 0 Å². The Morgan fingerprint density at radius 3 is 2.47 bits per heavy atom. The molecule has 1 aromatic carbocycles. The highest BCUT2D eigenvalue weighted by Crippen LogP contribution is 2.41. The topological polar surface area (TPSA) is 12.0 Å². The van der Waals surface area contributed by atoms with Gasteiger partial charge in [0.1, 0.15) is 5.82 Å². The summed E-state index contributed by atoms with van der Waals surface area (Å²) in [4.78, 5) is 0. The molecule has 0 aliphatic heterocycles. The molecule has 0 heterocycles. The lowest BCUT2D eigenvalue weighted by molar-refractivity contribution is 0.419. The minimum absolute atomic E-state index is 0.0175. The molecule has 0 amide bonds. The molecule has 94 valence electrons. The molecule has 3 unspecified atom stereocenters. The summed E-state index contributed by atoms with van der Waals surface area (Å²) in [5.74, 6) is 0.861. The van der Waals surface area contributed by atoms with Crippen LogP contribution in [0.2, 0.25) is 0 Å². The predicted octanol–water partition coefficient (Wildman–Crippen LogP) is 3.54. The Hall–Kier alpha value is -0.890. The lowest BCUT2D eigenvalue weighted by Gasteiger charge is -2.23. The average Bonchev–Trinajstić information content (AvgIpc) is 2.59. The summed E-state index contributed by atoms with van der Waals surface area (Å²) in [7, 11) is 2.00. The summed E-state index contributed by atoms with van der Waals surface area (Å²) in [6.07, 6.45) is 2.24. The molecule has 1 fully saturated rings. The zero-order valence-corrected chi connectivity index (χ0v) is 11.2. The molecule has 0 radical (unpaired) electrons. The standard InChI is InChI=1S/C15H22FN/c1-9-7-10(2)15(13(16)8-9)12-5-6-14(17-4)11(12)3/h7-8,11-12,14,17H,5-6H2,1-4H3. The van der Waals surface area contributed by atoms with Gasteiger partial charge in [-0.15, -0.1) is 0 Å². The maximum atomic E-state index is 14.1. The molecule has 0 spiro atoms. The van der Waals surface area contributed by atoms with E-state index in [0.29, 0.717) is 17.9 Å². The summed E-state index contributed by atoms with van der Waals surface area (Å²) in [6.45, 7) is 6.22. The van der Waals surface area contributed by atoms with Crippen LogP contribution in [-0.2, 0) is 0 Å². The van der Waals surface area contributed by atoms with E-state index in [1.165, 1.54) is 0 Å². The molecule has 1 aromatic rings. The fraction of sp³-hybridized carbons (Fsp3) is 0.600. The van der Waals surface area contributed by atoms with Crippen LogP contribution in [0.3, 0.4) is 0 Å². The van der Waals surface area contributed by atoms with Crippen LogP contribution in [0.1, 0.15) is 42.4 Å². The number of halogens is 1. The molecule has 0 aromatic heterocycles. The first kappa shape index (κ1) is 12.6. The van der Waals surface area contributed by atoms with Gasteiger partial charge in [-0.25, -0.2) is 4.39 Å². The monoisotopic (exact) mass is 235 g/mol. The number of aryl methyl sites for hydroxylation is 2. The molecule has 3 atom stereocenters. The zero-order valence-electron chi connectivity index (χ0n) is 11.2. The Bertz CT molecular complexity index is 390. The summed E-state index contributed by atoms with van der Waals surface area (Å²) in [6, 6.07) is 4.29. The molecule has 1 saturated carbocycles. The molecule has 1 N–H and O–H groups in total. The first-order valence-electron chi connectivity index (χ1n) is 6.48. The van der Waals surface area contributed by atoms with Crippen molar-refractivity contribution in [1.29, 1.82) is 0 Å². The zero-order chi connectivity index (χ0) is 12.6. The third-order valence-corrected chi connectivity index (χ3v) is 4.28. The Labute approximate surface area is 103 Å². The van der Waals surface area contributed by atoms with Gasteiger partial charge in [-0.1, -0.05) is 13.0 Å². The van der Waals surface area contributed by atoms with Gasteiger partial charge >= 0.3 is 0 Å². The molecular weight excluding hydrogens is 213 g/mol. The van der Waals surface area contributed by atoms with Gasteiger partial charge in [0.15, 0.2) is 0 Å². The predicted molar refractivity (Wildman–Crippen MR) is 69.9 cm³/mol. The molecule has 2 rings (SSSR count). The van der Waals surface area contributed by atoms with Gasteiger partial charge in [-0.3, -0.25) is 0 Å². The summed E-state index contributed by atoms with van der Waals surface area (Å²) >= 11 is 0. The van der Waals surface area contributed by atoms with E-state index in [0.717, 1.165) is 29.5 Å². The van der Waals surface area contributed by atoms with Crippen LogP contribution < -0.4 is 5.32 Å². The fourth-order valence-corrected chi connectivity index (χ4v) is 3.38. The van der Waals surface area contributed by atoms with E-state index >= 15 is 0 Å². The first-order valence-corrected chi connectivity index (χ1v) is 6.48. The minimum Gasteiger partial charge on any atom is -0.317 e. The second kappa shape index (κ2) is 4.77. The molecule has 1 nitrogen and oxygen atoms in total. The molecular formula is C15H22FN. The largest absolute Gasteiger partial charge is 0.317 e. The molecule has 2 heteroatoms. The summed E-state index contributed by atoms with van der Waals surface area (Å²) < 4.78 is 14.1. The highest BCUT2D eigenvalue weighted by molar-refractivity contribution is 5.36. The third-order valence-electron chi connectivity index (χ3n) is 4.28. The van der Waals surface area contributed by atoms with Crippen LogP contribution in [0.25, 0.3) is 0 Å². The number of nitrogens with one attached hydrogen (secondary N) is 1. The molecule has 0 bridgehead atoms. The lowest BCUT2D eigenvalue weighted by Crippen LogP contribution is -2.29. The van der Waals surface area contributed by atoms with Gasteiger partial charge in [-0.05, 0) is 68.3 Å². The Morgan fingerprint density at radius 2 is 1.94 bits per heavy atom. The van der Waals surface area contributed by atoms with Crippen LogP contribution in [0, 0.1) is 25.6 Å². The van der Waals surface area contributed by atoms with Gasteiger partial charge in [0, 0.05) is 6.04 Å². The highest BCUT2D eigenvalue weighted by Gasteiger charge is 2.34. The van der Waals surface area contributed by atoms with Crippen LogP contribution in [0.4, 0.5) is 4.39 Å². The molecule has 1 aliphatic rings. The highest BCUT2D eigenvalue weighted by atomic mass is 19.1. The van der Waals surface area contributed by atoms with Crippen molar-refractivity contribution in [2.24, 2.45) is 5.92 Å². The van der Waals surface area contributed by atoms with Crippen LogP contribution in [0.5, 0.6) is 0 Å². The van der Waals surface area contributed by atoms with Crippen molar-refractivity contribution in [3.05, 3.63) is 34.6 Å². The van der Waals surface area contributed by atoms with E-state index < -0.39 is 0 Å². The fourth-order valence-electron chi connectivity index (χ4n) is 3.38. The van der Waals surface area contributed by atoms with Crippen molar-refractivity contribution in [3.8, 4) is 0 Å². The van der Waals surface area contributed by atoms with E-state index in [1.807, 2.05) is 20.9 Å². The minimum atomic E-state index is -0.0175. The number of hydrogen-bond acceptors (Lipinski definition) is 1. The lowest BCUT2D eigenvalue weighted by atomic mass is 9.85. The maximum absolute atomic E-state index is 14.1. The van der Waals surface area contributed by atoms with Crippen LogP contribution in [-0.4, -0.2) is 13.1 Å². The van der Waals surface area contributed by atoms with Gasteiger partial charge in [0.2, 0.25) is 0 Å². The van der Waals surface area contributed by atoms with Crippen molar-refractivity contribution in [2.75, 3.05) is 7.05 Å². The number of benzene rings is 1. The van der Waals surface area contributed by atoms with Crippen molar-refractivity contribution in [2.45, 2.75) is 45.6 Å². The molecule has 1 aliphatic carbocycles.